The fourth-order valence-electron chi connectivity index (χ4n) is 3.47. The Balaban J connectivity index is 2.18. The Labute approximate surface area is 131 Å². The summed E-state index contributed by atoms with van der Waals surface area (Å²) in [5.41, 5.74) is 2.16. The van der Waals surface area contributed by atoms with Crippen LogP contribution in [0.5, 0.6) is 0 Å². The van der Waals surface area contributed by atoms with E-state index in [0.29, 0.717) is 0 Å². The number of carbonyl (C=O) groups excluding carboxylic acids is 2. The van der Waals surface area contributed by atoms with E-state index in [-0.39, 0.29) is 17.7 Å². The molecule has 2 amide bonds. The standard InChI is InChI=1S/C19H21NO2/c1-4-13-9-8-10-14(5-2)16(13)20-17(21)15-11-6-7-12-19(15,3)18(20)22/h6-12,15H,4-5H2,1-3H3. The van der Waals surface area contributed by atoms with Crippen LogP contribution >= 0.6 is 0 Å². The predicted octanol–water partition coefficient (Wildman–Crippen LogP) is 3.43. The molecule has 1 aromatic rings. The highest BCUT2D eigenvalue weighted by molar-refractivity contribution is 6.25. The van der Waals surface area contributed by atoms with Crippen molar-refractivity contribution in [3.05, 3.63) is 53.6 Å². The van der Waals surface area contributed by atoms with E-state index >= 15 is 0 Å². The van der Waals surface area contributed by atoms with Gasteiger partial charge < -0.3 is 0 Å². The van der Waals surface area contributed by atoms with Crippen molar-refractivity contribution in [2.24, 2.45) is 11.3 Å². The summed E-state index contributed by atoms with van der Waals surface area (Å²) in [5, 5.41) is 0. The SMILES string of the molecule is CCc1cccc(CC)c1N1C(=O)C2C=CC=CC2(C)C1=O. The van der Waals surface area contributed by atoms with Gasteiger partial charge in [0.2, 0.25) is 11.8 Å². The molecule has 3 rings (SSSR count). The number of fused-ring (bicyclic) bond motifs is 1. The van der Waals surface area contributed by atoms with Gasteiger partial charge in [-0.1, -0.05) is 56.4 Å². The summed E-state index contributed by atoms with van der Waals surface area (Å²) in [6, 6.07) is 6.01. The quantitative estimate of drug-likeness (QED) is 0.801. The highest BCUT2D eigenvalue weighted by Crippen LogP contribution is 2.45. The number of nitrogens with zero attached hydrogens (tertiary/aromatic N) is 1. The Kier molecular flexibility index (Phi) is 3.51. The maximum Gasteiger partial charge on any atom is 0.244 e. The minimum Gasteiger partial charge on any atom is -0.273 e. The summed E-state index contributed by atoms with van der Waals surface area (Å²) in [6.07, 6.45) is 9.02. The maximum absolute atomic E-state index is 13.0. The Hall–Kier alpha value is -2.16. The maximum atomic E-state index is 13.0. The number of allylic oxidation sites excluding steroid dienone is 2. The van der Waals surface area contributed by atoms with Gasteiger partial charge in [0, 0.05) is 0 Å². The highest BCUT2D eigenvalue weighted by Gasteiger charge is 2.55. The fraction of sp³-hybridized carbons (Fsp3) is 0.368. The van der Waals surface area contributed by atoms with Crippen LogP contribution < -0.4 is 4.90 Å². The van der Waals surface area contributed by atoms with Crippen molar-refractivity contribution < 1.29 is 9.59 Å². The van der Waals surface area contributed by atoms with Crippen LogP contribution in [0.15, 0.2) is 42.5 Å². The van der Waals surface area contributed by atoms with Crippen molar-refractivity contribution in [3.63, 3.8) is 0 Å². The second-order valence-electron chi connectivity index (χ2n) is 6.12. The largest absolute Gasteiger partial charge is 0.273 e. The molecule has 0 aromatic heterocycles. The number of imide groups is 1. The van der Waals surface area contributed by atoms with Gasteiger partial charge in [0.15, 0.2) is 0 Å². The normalized spacial score (nSPS) is 26.7. The number of carbonyl (C=O) groups is 2. The molecule has 22 heavy (non-hydrogen) atoms. The first-order chi connectivity index (χ1) is 10.5. The van der Waals surface area contributed by atoms with E-state index in [9.17, 15) is 9.59 Å². The fourth-order valence-corrected chi connectivity index (χ4v) is 3.47. The lowest BCUT2D eigenvalue weighted by Crippen LogP contribution is -2.35. The second kappa shape index (κ2) is 5.24. The molecule has 1 heterocycles. The number of rotatable bonds is 3. The van der Waals surface area contributed by atoms with Crippen LogP contribution in [0.3, 0.4) is 0 Å². The zero-order chi connectivity index (χ0) is 15.9. The van der Waals surface area contributed by atoms with Gasteiger partial charge >= 0.3 is 0 Å². The number of anilines is 1. The number of hydrogen-bond acceptors (Lipinski definition) is 2. The van der Waals surface area contributed by atoms with Crippen molar-refractivity contribution >= 4 is 17.5 Å². The van der Waals surface area contributed by atoms with Crippen LogP contribution in [0, 0.1) is 11.3 Å². The minimum absolute atomic E-state index is 0.108. The molecule has 3 heteroatoms. The molecular weight excluding hydrogens is 274 g/mol. The summed E-state index contributed by atoms with van der Waals surface area (Å²) in [6.45, 7) is 5.97. The molecule has 0 radical (unpaired) electrons. The van der Waals surface area contributed by atoms with Gasteiger partial charge in [-0.25, -0.2) is 4.90 Å². The molecule has 114 valence electrons. The highest BCUT2D eigenvalue weighted by atomic mass is 16.2. The lowest BCUT2D eigenvalue weighted by Gasteiger charge is -2.24. The van der Waals surface area contributed by atoms with E-state index in [1.807, 2.05) is 49.4 Å². The van der Waals surface area contributed by atoms with Gasteiger partial charge in [0.1, 0.15) is 0 Å². The summed E-state index contributed by atoms with van der Waals surface area (Å²) >= 11 is 0. The van der Waals surface area contributed by atoms with Crippen LogP contribution in [0.25, 0.3) is 0 Å². The molecule has 0 bridgehead atoms. The third kappa shape index (κ3) is 1.88. The molecular formula is C19H21NO2. The van der Waals surface area contributed by atoms with Gasteiger partial charge in [-0.15, -0.1) is 0 Å². The summed E-state index contributed by atoms with van der Waals surface area (Å²) in [4.78, 5) is 27.4. The second-order valence-corrected chi connectivity index (χ2v) is 6.12. The van der Waals surface area contributed by atoms with Gasteiger partial charge in [0.25, 0.3) is 0 Å². The lowest BCUT2D eigenvalue weighted by molar-refractivity contribution is -0.123. The molecule has 1 saturated heterocycles. The Bertz CT molecular complexity index is 679. The Morgan fingerprint density at radius 3 is 2.27 bits per heavy atom. The van der Waals surface area contributed by atoms with Crippen molar-refractivity contribution in [2.75, 3.05) is 4.90 Å². The molecule has 1 aliphatic heterocycles. The summed E-state index contributed by atoms with van der Waals surface area (Å²) in [5.74, 6) is -0.609. The number of amides is 2. The van der Waals surface area contributed by atoms with E-state index in [2.05, 4.69) is 13.8 Å². The van der Waals surface area contributed by atoms with Crippen molar-refractivity contribution in [2.45, 2.75) is 33.6 Å². The average molecular weight is 295 g/mol. The van der Waals surface area contributed by atoms with Crippen LogP contribution in [-0.2, 0) is 22.4 Å². The van der Waals surface area contributed by atoms with E-state index in [4.69, 9.17) is 0 Å². The molecule has 1 aliphatic carbocycles. The number of benzene rings is 1. The Morgan fingerprint density at radius 1 is 1.09 bits per heavy atom. The number of para-hydroxylation sites is 1. The number of hydrogen-bond donors (Lipinski definition) is 0. The molecule has 3 nitrogen and oxygen atoms in total. The molecule has 1 fully saturated rings. The zero-order valence-corrected chi connectivity index (χ0v) is 13.3. The molecule has 2 aliphatic rings. The molecule has 0 saturated carbocycles. The van der Waals surface area contributed by atoms with Gasteiger partial charge in [-0.3, -0.25) is 9.59 Å². The molecule has 2 unspecified atom stereocenters. The van der Waals surface area contributed by atoms with E-state index in [1.165, 1.54) is 4.90 Å². The van der Waals surface area contributed by atoms with E-state index in [1.54, 1.807) is 0 Å². The third-order valence-electron chi connectivity index (χ3n) is 4.84. The Morgan fingerprint density at radius 2 is 1.73 bits per heavy atom. The first kappa shape index (κ1) is 14.8. The van der Waals surface area contributed by atoms with Gasteiger partial charge in [0.05, 0.1) is 17.0 Å². The van der Waals surface area contributed by atoms with E-state index < -0.39 is 5.41 Å². The van der Waals surface area contributed by atoms with E-state index in [0.717, 1.165) is 29.7 Å². The molecule has 0 N–H and O–H groups in total. The topological polar surface area (TPSA) is 37.4 Å². The lowest BCUT2D eigenvalue weighted by atomic mass is 9.76. The average Bonchev–Trinajstić information content (AvgIpc) is 2.74. The van der Waals surface area contributed by atoms with Crippen molar-refractivity contribution in [3.8, 4) is 0 Å². The van der Waals surface area contributed by atoms with Crippen LogP contribution in [0.1, 0.15) is 31.9 Å². The monoisotopic (exact) mass is 295 g/mol. The van der Waals surface area contributed by atoms with Crippen molar-refractivity contribution in [1.82, 2.24) is 0 Å². The van der Waals surface area contributed by atoms with Gasteiger partial charge in [-0.2, -0.15) is 0 Å². The smallest absolute Gasteiger partial charge is 0.244 e. The molecule has 1 aromatic carbocycles. The summed E-state index contributed by atoms with van der Waals surface area (Å²) in [7, 11) is 0. The predicted molar refractivity (Wildman–Crippen MR) is 87.6 cm³/mol. The molecule has 2 atom stereocenters. The van der Waals surface area contributed by atoms with Crippen LogP contribution in [0.4, 0.5) is 5.69 Å². The first-order valence-electron chi connectivity index (χ1n) is 7.89. The zero-order valence-electron chi connectivity index (χ0n) is 13.3. The minimum atomic E-state index is -0.752. The van der Waals surface area contributed by atoms with Crippen LogP contribution in [-0.4, -0.2) is 11.8 Å². The van der Waals surface area contributed by atoms with Crippen molar-refractivity contribution in [1.29, 1.82) is 0 Å². The third-order valence-corrected chi connectivity index (χ3v) is 4.84. The summed E-state index contributed by atoms with van der Waals surface area (Å²) < 4.78 is 0. The van der Waals surface area contributed by atoms with Crippen LogP contribution in [0.2, 0.25) is 0 Å². The first-order valence-corrected chi connectivity index (χ1v) is 7.89. The molecule has 0 spiro atoms. The van der Waals surface area contributed by atoms with Gasteiger partial charge in [-0.05, 0) is 30.9 Å². The number of aryl methyl sites for hydroxylation is 2.